The van der Waals surface area contributed by atoms with Gasteiger partial charge in [0.1, 0.15) is 0 Å². The minimum atomic E-state index is 0.775. The predicted octanol–water partition coefficient (Wildman–Crippen LogP) is 3.19. The molecule has 0 aliphatic rings. The Balaban J connectivity index is 2.44. The van der Waals surface area contributed by atoms with Crippen LogP contribution in [0.15, 0.2) is 48.5 Å². The van der Waals surface area contributed by atoms with Gasteiger partial charge < -0.3 is 10.5 Å². The molecule has 0 aliphatic heterocycles. The Labute approximate surface area is 94.7 Å². The molecule has 0 amide bonds. The number of nitrogens with two attached hydrogens (primary N) is 1. The van der Waals surface area contributed by atoms with Crippen LogP contribution >= 0.6 is 12.8 Å². The van der Waals surface area contributed by atoms with Gasteiger partial charge in [-0.05, 0) is 35.4 Å². The first-order valence-corrected chi connectivity index (χ1v) is 5.10. The smallest absolute Gasteiger partial charge is 0.0444 e. The van der Waals surface area contributed by atoms with Crippen LogP contribution in [0.5, 0.6) is 0 Å². The van der Waals surface area contributed by atoms with Gasteiger partial charge in [-0.25, -0.2) is 0 Å². The molecule has 0 aliphatic carbocycles. The van der Waals surface area contributed by atoms with Crippen molar-refractivity contribution in [2.24, 2.45) is 0 Å². The molecule has 3 N–H and O–H groups in total. The van der Waals surface area contributed by atoms with Crippen molar-refractivity contribution in [3.05, 3.63) is 48.5 Å². The molecule has 0 saturated heterocycles. The first kappa shape index (κ1) is 9.93. The molecule has 2 aromatic carbocycles. The van der Waals surface area contributed by atoms with E-state index in [1.54, 1.807) is 0 Å². The second-order valence-corrected chi connectivity index (χ2v) is 3.54. The molecule has 0 radical (unpaired) electrons. The van der Waals surface area contributed by atoms with Gasteiger partial charge in [0.25, 0.3) is 0 Å². The molecule has 3 heteroatoms. The monoisotopic (exact) mass is 216 g/mol. The zero-order valence-electron chi connectivity index (χ0n) is 8.14. The van der Waals surface area contributed by atoms with Crippen LogP contribution in [0, 0.1) is 0 Å². The summed E-state index contributed by atoms with van der Waals surface area (Å²) in [5.41, 5.74) is 9.72. The lowest BCUT2D eigenvalue weighted by Gasteiger charge is -2.05. The van der Waals surface area contributed by atoms with Crippen LogP contribution in [0.2, 0.25) is 0 Å². The van der Waals surface area contributed by atoms with E-state index in [0.29, 0.717) is 0 Å². The fraction of sp³-hybridized carbons (Fsp3) is 0. The molecule has 0 bridgehead atoms. The molecule has 0 heterocycles. The Morgan fingerprint density at radius 2 is 1.60 bits per heavy atom. The van der Waals surface area contributed by atoms with Crippen LogP contribution in [-0.2, 0) is 0 Å². The first-order chi connectivity index (χ1) is 7.29. The van der Waals surface area contributed by atoms with Crippen molar-refractivity contribution in [2.75, 3.05) is 10.5 Å². The van der Waals surface area contributed by atoms with Crippen molar-refractivity contribution < 1.29 is 0 Å². The first-order valence-electron chi connectivity index (χ1n) is 4.66. The van der Waals surface area contributed by atoms with Gasteiger partial charge in [-0.1, -0.05) is 37.1 Å². The summed E-state index contributed by atoms with van der Waals surface area (Å²) in [6, 6.07) is 15.8. The number of hydrogen-bond donors (Lipinski definition) is 3. The molecular formula is C12H12N2S. The number of nitrogens with one attached hydrogen (secondary N) is 1. The van der Waals surface area contributed by atoms with E-state index in [1.807, 2.05) is 48.5 Å². The van der Waals surface area contributed by atoms with E-state index < -0.39 is 0 Å². The number of anilines is 2. The largest absolute Gasteiger partial charge is 0.399 e. The molecule has 2 rings (SSSR count). The summed E-state index contributed by atoms with van der Waals surface area (Å²) in [5.74, 6) is 0. The second kappa shape index (κ2) is 4.28. The lowest BCUT2D eigenvalue weighted by molar-refractivity contribution is 1.61. The number of nitrogen functional groups attached to an aromatic ring is 1. The van der Waals surface area contributed by atoms with Crippen molar-refractivity contribution in [2.45, 2.75) is 0 Å². The quantitative estimate of drug-likeness (QED) is 0.533. The molecule has 0 atom stereocenters. The molecule has 0 unspecified atom stereocenters. The van der Waals surface area contributed by atoms with Gasteiger partial charge in [-0.2, -0.15) is 0 Å². The van der Waals surface area contributed by atoms with Gasteiger partial charge in [-0.3, -0.25) is 0 Å². The maximum absolute atomic E-state index is 5.74. The summed E-state index contributed by atoms with van der Waals surface area (Å²) in [6.45, 7) is 0. The molecular weight excluding hydrogens is 204 g/mol. The van der Waals surface area contributed by atoms with Gasteiger partial charge in [0.2, 0.25) is 0 Å². The average Bonchev–Trinajstić information content (AvgIpc) is 2.29. The highest BCUT2D eigenvalue weighted by molar-refractivity contribution is 7.81. The Morgan fingerprint density at radius 1 is 0.933 bits per heavy atom. The van der Waals surface area contributed by atoms with Crippen LogP contribution in [-0.4, -0.2) is 0 Å². The highest BCUT2D eigenvalue weighted by Gasteiger charge is 1.98. The van der Waals surface area contributed by atoms with Gasteiger partial charge in [0.05, 0.1) is 0 Å². The molecule has 2 nitrogen and oxygen atoms in total. The van der Waals surface area contributed by atoms with Crippen LogP contribution in [0.25, 0.3) is 11.1 Å². The second-order valence-electron chi connectivity index (χ2n) is 3.32. The highest BCUT2D eigenvalue weighted by Crippen LogP contribution is 2.24. The molecule has 0 aromatic heterocycles. The van der Waals surface area contributed by atoms with Gasteiger partial charge in [0, 0.05) is 11.4 Å². The summed E-state index contributed by atoms with van der Waals surface area (Å²) in [4.78, 5) is 0. The maximum Gasteiger partial charge on any atom is 0.0444 e. The van der Waals surface area contributed by atoms with Gasteiger partial charge in [-0.15, -0.1) is 0 Å². The molecule has 0 fully saturated rings. The number of thiol groups is 1. The number of benzene rings is 2. The third-order valence-electron chi connectivity index (χ3n) is 2.21. The Bertz CT molecular complexity index is 469. The standard InChI is InChI=1S/C12H12N2S/c13-11-5-1-3-9(7-11)10-4-2-6-12(8-10)14-15/h1-8,14-15H,13H2. The predicted molar refractivity (Wildman–Crippen MR) is 68.9 cm³/mol. The van der Waals surface area contributed by atoms with Crippen molar-refractivity contribution in [1.82, 2.24) is 0 Å². The molecule has 0 spiro atoms. The zero-order valence-corrected chi connectivity index (χ0v) is 9.04. The van der Waals surface area contributed by atoms with E-state index in [1.165, 1.54) is 0 Å². The lowest BCUT2D eigenvalue weighted by atomic mass is 10.0. The zero-order chi connectivity index (χ0) is 10.7. The minimum absolute atomic E-state index is 0.775. The van der Waals surface area contributed by atoms with E-state index in [0.717, 1.165) is 22.5 Å². The van der Waals surface area contributed by atoms with Crippen molar-refractivity contribution in [3.63, 3.8) is 0 Å². The van der Waals surface area contributed by atoms with Crippen LogP contribution in [0.1, 0.15) is 0 Å². The summed E-state index contributed by atoms with van der Waals surface area (Å²) in [5, 5.41) is 0. The Hall–Kier alpha value is -1.61. The fourth-order valence-corrected chi connectivity index (χ4v) is 1.63. The molecule has 15 heavy (non-hydrogen) atoms. The van der Waals surface area contributed by atoms with E-state index in [2.05, 4.69) is 17.5 Å². The molecule has 0 saturated carbocycles. The van der Waals surface area contributed by atoms with Crippen molar-refractivity contribution in [3.8, 4) is 11.1 Å². The number of hydrogen-bond acceptors (Lipinski definition) is 3. The average molecular weight is 216 g/mol. The summed E-state index contributed by atoms with van der Waals surface area (Å²) in [7, 11) is 0. The van der Waals surface area contributed by atoms with E-state index in [-0.39, 0.29) is 0 Å². The van der Waals surface area contributed by atoms with E-state index >= 15 is 0 Å². The van der Waals surface area contributed by atoms with Crippen LogP contribution in [0.3, 0.4) is 0 Å². The lowest BCUT2D eigenvalue weighted by Crippen LogP contribution is -1.86. The Morgan fingerprint density at radius 3 is 2.27 bits per heavy atom. The van der Waals surface area contributed by atoms with Crippen LogP contribution < -0.4 is 10.5 Å². The third kappa shape index (κ3) is 2.25. The SMILES string of the molecule is Nc1cccc(-c2cccc(NS)c2)c1. The molecule has 76 valence electrons. The van der Waals surface area contributed by atoms with Crippen molar-refractivity contribution in [1.29, 1.82) is 0 Å². The summed E-state index contributed by atoms with van der Waals surface area (Å²) >= 11 is 4.02. The van der Waals surface area contributed by atoms with Crippen molar-refractivity contribution >= 4 is 24.2 Å². The Kier molecular flexibility index (Phi) is 2.83. The topological polar surface area (TPSA) is 38.0 Å². The third-order valence-corrected chi connectivity index (χ3v) is 2.47. The van der Waals surface area contributed by atoms with Gasteiger partial charge in [0.15, 0.2) is 0 Å². The normalized spacial score (nSPS) is 9.93. The van der Waals surface area contributed by atoms with E-state index in [9.17, 15) is 0 Å². The van der Waals surface area contributed by atoms with Gasteiger partial charge >= 0.3 is 0 Å². The molecule has 2 aromatic rings. The number of rotatable bonds is 2. The summed E-state index contributed by atoms with van der Waals surface area (Å²) < 4.78 is 2.81. The fourth-order valence-electron chi connectivity index (χ4n) is 1.49. The highest BCUT2D eigenvalue weighted by atomic mass is 32.1. The van der Waals surface area contributed by atoms with Crippen LogP contribution in [0.4, 0.5) is 11.4 Å². The van der Waals surface area contributed by atoms with E-state index in [4.69, 9.17) is 5.73 Å². The maximum atomic E-state index is 5.74. The minimum Gasteiger partial charge on any atom is -0.399 e. The summed E-state index contributed by atoms with van der Waals surface area (Å²) in [6.07, 6.45) is 0.